The van der Waals surface area contributed by atoms with E-state index in [1.165, 1.54) is 0 Å². The SMILES string of the molecule is CCOc1c(CNCC(=O)NC)c(C)nn1CC(C)C. The van der Waals surface area contributed by atoms with Crippen molar-refractivity contribution in [3.8, 4) is 5.88 Å². The zero-order chi connectivity index (χ0) is 15.1. The molecule has 0 aliphatic heterocycles. The molecule has 0 bridgehead atoms. The Balaban J connectivity index is 2.82. The van der Waals surface area contributed by atoms with Crippen molar-refractivity contribution in [1.82, 2.24) is 20.4 Å². The minimum atomic E-state index is -0.0322. The van der Waals surface area contributed by atoms with Crippen molar-refractivity contribution in [1.29, 1.82) is 0 Å². The molecule has 114 valence electrons. The molecule has 0 atom stereocenters. The number of nitrogens with one attached hydrogen (secondary N) is 2. The van der Waals surface area contributed by atoms with Gasteiger partial charge in [0.1, 0.15) is 0 Å². The Kier molecular flexibility index (Phi) is 6.51. The van der Waals surface area contributed by atoms with Crippen LogP contribution in [-0.2, 0) is 17.9 Å². The molecule has 1 heterocycles. The van der Waals surface area contributed by atoms with Crippen molar-refractivity contribution in [2.24, 2.45) is 5.92 Å². The third-order valence-electron chi connectivity index (χ3n) is 2.89. The quantitative estimate of drug-likeness (QED) is 0.749. The van der Waals surface area contributed by atoms with E-state index in [-0.39, 0.29) is 12.5 Å². The van der Waals surface area contributed by atoms with Crippen LogP contribution in [0.3, 0.4) is 0 Å². The number of carbonyl (C=O) groups is 1. The number of aromatic nitrogens is 2. The van der Waals surface area contributed by atoms with Gasteiger partial charge in [0, 0.05) is 20.1 Å². The topological polar surface area (TPSA) is 68.2 Å². The van der Waals surface area contributed by atoms with Crippen molar-refractivity contribution < 1.29 is 9.53 Å². The molecule has 2 N–H and O–H groups in total. The van der Waals surface area contributed by atoms with Crippen LogP contribution in [0, 0.1) is 12.8 Å². The van der Waals surface area contributed by atoms with Gasteiger partial charge in [0.05, 0.1) is 24.4 Å². The number of rotatable bonds is 8. The highest BCUT2D eigenvalue weighted by atomic mass is 16.5. The minimum absolute atomic E-state index is 0.0322. The zero-order valence-electron chi connectivity index (χ0n) is 13.1. The molecule has 0 aliphatic carbocycles. The Bertz CT molecular complexity index is 441. The van der Waals surface area contributed by atoms with Crippen LogP contribution in [-0.4, -0.2) is 35.9 Å². The van der Waals surface area contributed by atoms with Crippen molar-refractivity contribution in [2.45, 2.75) is 40.8 Å². The van der Waals surface area contributed by atoms with E-state index < -0.39 is 0 Å². The summed E-state index contributed by atoms with van der Waals surface area (Å²) in [5.41, 5.74) is 1.97. The number of likely N-dealkylation sites (N-methyl/N-ethyl adjacent to an activating group) is 1. The summed E-state index contributed by atoms with van der Waals surface area (Å²) >= 11 is 0. The number of aryl methyl sites for hydroxylation is 1. The summed E-state index contributed by atoms with van der Waals surface area (Å²) in [6, 6.07) is 0. The Hall–Kier alpha value is -1.56. The molecule has 1 aromatic heterocycles. The molecule has 20 heavy (non-hydrogen) atoms. The Morgan fingerprint density at radius 2 is 2.15 bits per heavy atom. The molecule has 0 unspecified atom stereocenters. The maximum Gasteiger partial charge on any atom is 0.233 e. The van der Waals surface area contributed by atoms with Crippen LogP contribution in [0.25, 0.3) is 0 Å². The number of amides is 1. The lowest BCUT2D eigenvalue weighted by molar-refractivity contribution is -0.119. The van der Waals surface area contributed by atoms with E-state index in [2.05, 4.69) is 29.6 Å². The van der Waals surface area contributed by atoms with E-state index in [1.807, 2.05) is 18.5 Å². The third-order valence-corrected chi connectivity index (χ3v) is 2.89. The molecule has 6 heteroatoms. The predicted molar refractivity (Wildman–Crippen MR) is 78.7 cm³/mol. The number of hydrogen-bond donors (Lipinski definition) is 2. The first-order chi connectivity index (χ1) is 9.49. The lowest BCUT2D eigenvalue weighted by atomic mass is 10.2. The molecular weight excluding hydrogens is 256 g/mol. The van der Waals surface area contributed by atoms with Crippen LogP contribution >= 0.6 is 0 Å². The molecule has 0 aromatic carbocycles. The smallest absolute Gasteiger partial charge is 0.233 e. The van der Waals surface area contributed by atoms with Crippen LogP contribution in [0.1, 0.15) is 32.0 Å². The van der Waals surface area contributed by atoms with Crippen molar-refractivity contribution in [2.75, 3.05) is 20.2 Å². The second kappa shape index (κ2) is 7.89. The normalized spacial score (nSPS) is 10.9. The largest absolute Gasteiger partial charge is 0.478 e. The first-order valence-corrected chi connectivity index (χ1v) is 7.09. The summed E-state index contributed by atoms with van der Waals surface area (Å²) in [6.45, 7) is 10.5. The van der Waals surface area contributed by atoms with Crippen molar-refractivity contribution >= 4 is 5.91 Å². The number of hydrogen-bond acceptors (Lipinski definition) is 4. The lowest BCUT2D eigenvalue weighted by Gasteiger charge is -2.12. The molecule has 6 nitrogen and oxygen atoms in total. The minimum Gasteiger partial charge on any atom is -0.478 e. The Morgan fingerprint density at radius 1 is 1.45 bits per heavy atom. The monoisotopic (exact) mass is 282 g/mol. The van der Waals surface area contributed by atoms with Crippen LogP contribution in [0.15, 0.2) is 0 Å². The van der Waals surface area contributed by atoms with Gasteiger partial charge in [0.15, 0.2) is 0 Å². The average molecular weight is 282 g/mol. The van der Waals surface area contributed by atoms with Crippen LogP contribution < -0.4 is 15.4 Å². The van der Waals surface area contributed by atoms with Gasteiger partial charge in [-0.15, -0.1) is 0 Å². The molecule has 0 fully saturated rings. The molecule has 0 saturated heterocycles. The van der Waals surface area contributed by atoms with Crippen LogP contribution in [0.4, 0.5) is 0 Å². The fourth-order valence-corrected chi connectivity index (χ4v) is 1.96. The van der Waals surface area contributed by atoms with Crippen molar-refractivity contribution in [3.63, 3.8) is 0 Å². The highest BCUT2D eigenvalue weighted by molar-refractivity contribution is 5.77. The van der Waals surface area contributed by atoms with E-state index in [1.54, 1.807) is 7.05 Å². The highest BCUT2D eigenvalue weighted by Gasteiger charge is 2.17. The first-order valence-electron chi connectivity index (χ1n) is 7.09. The van der Waals surface area contributed by atoms with E-state index in [9.17, 15) is 4.79 Å². The Labute approximate surface area is 120 Å². The lowest BCUT2D eigenvalue weighted by Crippen LogP contribution is -2.31. The summed E-state index contributed by atoms with van der Waals surface area (Å²) in [7, 11) is 1.63. The maximum atomic E-state index is 11.2. The van der Waals surface area contributed by atoms with E-state index in [0.717, 1.165) is 23.7 Å². The number of nitrogens with zero attached hydrogens (tertiary/aromatic N) is 2. The molecule has 0 aliphatic rings. The second-order valence-corrected chi connectivity index (χ2v) is 5.15. The molecule has 1 rings (SSSR count). The second-order valence-electron chi connectivity index (χ2n) is 5.15. The zero-order valence-corrected chi connectivity index (χ0v) is 13.1. The van der Waals surface area contributed by atoms with Gasteiger partial charge in [-0.25, -0.2) is 4.68 Å². The molecule has 0 saturated carbocycles. The van der Waals surface area contributed by atoms with Crippen molar-refractivity contribution in [3.05, 3.63) is 11.3 Å². The summed E-state index contributed by atoms with van der Waals surface area (Å²) in [4.78, 5) is 11.2. The van der Waals surface area contributed by atoms with Gasteiger partial charge in [-0.3, -0.25) is 4.79 Å². The van der Waals surface area contributed by atoms with Gasteiger partial charge < -0.3 is 15.4 Å². The number of ether oxygens (including phenoxy) is 1. The van der Waals surface area contributed by atoms with Gasteiger partial charge in [0.2, 0.25) is 11.8 Å². The van der Waals surface area contributed by atoms with E-state index in [0.29, 0.717) is 19.1 Å². The first kappa shape index (κ1) is 16.5. The summed E-state index contributed by atoms with van der Waals surface area (Å²) in [6.07, 6.45) is 0. The van der Waals surface area contributed by atoms with Gasteiger partial charge >= 0.3 is 0 Å². The standard InChI is InChI=1S/C14H26N4O2/c1-6-20-14-12(7-16-8-13(19)15-5)11(4)17-18(14)9-10(2)3/h10,16H,6-9H2,1-5H3,(H,15,19). The fourth-order valence-electron chi connectivity index (χ4n) is 1.96. The van der Waals surface area contributed by atoms with E-state index in [4.69, 9.17) is 4.74 Å². The summed E-state index contributed by atoms with van der Waals surface area (Å²) in [5.74, 6) is 1.28. The van der Waals surface area contributed by atoms with Crippen LogP contribution in [0.5, 0.6) is 5.88 Å². The maximum absolute atomic E-state index is 11.2. The van der Waals surface area contributed by atoms with E-state index >= 15 is 0 Å². The third kappa shape index (κ3) is 4.52. The summed E-state index contributed by atoms with van der Waals surface area (Å²) in [5, 5.41) is 10.2. The molecule has 0 spiro atoms. The average Bonchev–Trinajstić information content (AvgIpc) is 2.66. The molecule has 1 amide bonds. The summed E-state index contributed by atoms with van der Waals surface area (Å²) < 4.78 is 7.65. The molecule has 0 radical (unpaired) electrons. The molecule has 1 aromatic rings. The van der Waals surface area contributed by atoms with Gasteiger partial charge in [0.25, 0.3) is 0 Å². The predicted octanol–water partition coefficient (Wildman–Crippen LogP) is 1.08. The Morgan fingerprint density at radius 3 is 2.70 bits per heavy atom. The van der Waals surface area contributed by atoms with Gasteiger partial charge in [-0.2, -0.15) is 5.10 Å². The van der Waals surface area contributed by atoms with Gasteiger partial charge in [-0.1, -0.05) is 13.8 Å². The fraction of sp³-hybridized carbons (Fsp3) is 0.714. The van der Waals surface area contributed by atoms with Crippen LogP contribution in [0.2, 0.25) is 0 Å². The highest BCUT2D eigenvalue weighted by Crippen LogP contribution is 2.23. The number of carbonyl (C=O) groups excluding carboxylic acids is 1. The van der Waals surface area contributed by atoms with Gasteiger partial charge in [-0.05, 0) is 19.8 Å². The molecular formula is C14H26N4O2.